The first-order chi connectivity index (χ1) is 7.63. The van der Waals surface area contributed by atoms with Crippen molar-refractivity contribution in [2.45, 2.75) is 39.2 Å². The second-order valence-corrected chi connectivity index (χ2v) is 4.52. The Balaban J connectivity index is 2.43. The molecule has 0 spiro atoms. The van der Waals surface area contributed by atoms with Crippen LogP contribution >= 0.6 is 0 Å². The zero-order valence-electron chi connectivity index (χ0n) is 10.0. The number of anilines is 2. The van der Waals surface area contributed by atoms with Crippen molar-refractivity contribution in [2.75, 3.05) is 10.6 Å². The minimum atomic E-state index is -0.104. The van der Waals surface area contributed by atoms with Gasteiger partial charge in [-0.15, -0.1) is 0 Å². The zero-order chi connectivity index (χ0) is 11.7. The lowest BCUT2D eigenvalue weighted by Crippen LogP contribution is -2.38. The van der Waals surface area contributed by atoms with Gasteiger partial charge < -0.3 is 10.6 Å². The third-order valence-corrected chi connectivity index (χ3v) is 3.02. The van der Waals surface area contributed by atoms with Crippen LogP contribution in [0.1, 0.15) is 38.7 Å². The van der Waals surface area contributed by atoms with Crippen molar-refractivity contribution >= 4 is 17.3 Å². The van der Waals surface area contributed by atoms with Gasteiger partial charge in [-0.3, -0.25) is 4.79 Å². The molecule has 1 unspecified atom stereocenters. The average Bonchev–Trinajstić information content (AvgIpc) is 2.26. The number of nitrogens with one attached hydrogen (secondary N) is 2. The number of carbonyl (C=O) groups is 1. The van der Waals surface area contributed by atoms with E-state index in [-0.39, 0.29) is 11.9 Å². The molecule has 0 aromatic heterocycles. The number of carbonyl (C=O) groups excluding carboxylic acids is 1. The van der Waals surface area contributed by atoms with Gasteiger partial charge in [0.1, 0.15) is 6.04 Å². The quantitative estimate of drug-likeness (QED) is 0.801. The first-order valence-corrected chi connectivity index (χ1v) is 5.83. The summed E-state index contributed by atoms with van der Waals surface area (Å²) >= 11 is 0. The molecule has 0 bridgehead atoms. The molecule has 0 radical (unpaired) electrons. The van der Waals surface area contributed by atoms with Gasteiger partial charge >= 0.3 is 0 Å². The summed E-state index contributed by atoms with van der Waals surface area (Å²) < 4.78 is 0. The summed E-state index contributed by atoms with van der Waals surface area (Å²) in [6.45, 7) is 6.34. The second-order valence-electron chi connectivity index (χ2n) is 4.52. The van der Waals surface area contributed by atoms with Gasteiger partial charge in [0.2, 0.25) is 5.91 Å². The van der Waals surface area contributed by atoms with E-state index < -0.39 is 0 Å². The van der Waals surface area contributed by atoms with E-state index in [1.807, 2.05) is 19.1 Å². The number of hydrogen-bond donors (Lipinski definition) is 2. The molecule has 1 aliphatic heterocycles. The van der Waals surface area contributed by atoms with Gasteiger partial charge in [0.25, 0.3) is 0 Å². The van der Waals surface area contributed by atoms with Gasteiger partial charge in [0.15, 0.2) is 0 Å². The molecule has 1 heterocycles. The van der Waals surface area contributed by atoms with E-state index in [0.29, 0.717) is 5.92 Å². The highest BCUT2D eigenvalue weighted by Gasteiger charge is 2.25. The van der Waals surface area contributed by atoms with Gasteiger partial charge in [-0.1, -0.05) is 32.9 Å². The van der Waals surface area contributed by atoms with Crippen molar-refractivity contribution < 1.29 is 4.79 Å². The molecule has 1 aliphatic rings. The maximum Gasteiger partial charge on any atom is 0.246 e. The van der Waals surface area contributed by atoms with E-state index in [1.54, 1.807) is 0 Å². The Kier molecular flexibility index (Phi) is 2.86. The van der Waals surface area contributed by atoms with E-state index in [1.165, 1.54) is 5.56 Å². The summed E-state index contributed by atoms with van der Waals surface area (Å²) in [4.78, 5) is 11.7. The van der Waals surface area contributed by atoms with Gasteiger partial charge in [0.05, 0.1) is 11.4 Å². The molecule has 3 nitrogen and oxygen atoms in total. The highest BCUT2D eigenvalue weighted by molar-refractivity contribution is 6.03. The van der Waals surface area contributed by atoms with E-state index in [0.717, 1.165) is 17.8 Å². The van der Waals surface area contributed by atoms with Crippen molar-refractivity contribution in [3.8, 4) is 0 Å². The fourth-order valence-corrected chi connectivity index (χ4v) is 2.06. The van der Waals surface area contributed by atoms with Crippen LogP contribution < -0.4 is 10.6 Å². The summed E-state index contributed by atoms with van der Waals surface area (Å²) in [5.41, 5.74) is 3.25. The van der Waals surface area contributed by atoms with Crippen LogP contribution in [0.3, 0.4) is 0 Å². The van der Waals surface area contributed by atoms with Crippen LogP contribution in [0.4, 0.5) is 11.4 Å². The smallest absolute Gasteiger partial charge is 0.246 e. The van der Waals surface area contributed by atoms with Crippen LogP contribution in [-0.4, -0.2) is 11.9 Å². The molecular formula is C13H18N2O. The van der Waals surface area contributed by atoms with Crippen molar-refractivity contribution in [3.63, 3.8) is 0 Å². The number of hydrogen-bond acceptors (Lipinski definition) is 2. The number of benzene rings is 1. The predicted octanol–water partition coefficient (Wildman–Crippen LogP) is 2.95. The molecule has 86 valence electrons. The summed E-state index contributed by atoms with van der Waals surface area (Å²) in [7, 11) is 0. The number of fused-ring (bicyclic) bond motifs is 1. The highest BCUT2D eigenvalue weighted by Crippen LogP contribution is 2.34. The molecule has 0 saturated heterocycles. The Morgan fingerprint density at radius 1 is 1.38 bits per heavy atom. The third kappa shape index (κ3) is 1.77. The normalized spacial score (nSPS) is 19.0. The van der Waals surface area contributed by atoms with Gasteiger partial charge in [0, 0.05) is 0 Å². The number of para-hydroxylation sites is 1. The summed E-state index contributed by atoms with van der Waals surface area (Å²) in [6.07, 6.45) is 0.803. The highest BCUT2D eigenvalue weighted by atomic mass is 16.2. The lowest BCUT2D eigenvalue weighted by molar-refractivity contribution is -0.117. The van der Waals surface area contributed by atoms with Gasteiger partial charge in [-0.05, 0) is 24.0 Å². The molecule has 1 aromatic rings. The molecule has 0 saturated carbocycles. The second kappa shape index (κ2) is 4.16. The zero-order valence-corrected chi connectivity index (χ0v) is 10.0. The van der Waals surface area contributed by atoms with Crippen LogP contribution in [0.15, 0.2) is 18.2 Å². The summed E-state index contributed by atoms with van der Waals surface area (Å²) in [5.74, 6) is 0.519. The monoisotopic (exact) mass is 218 g/mol. The molecule has 0 aliphatic carbocycles. The Morgan fingerprint density at radius 3 is 2.75 bits per heavy atom. The van der Waals surface area contributed by atoms with Crippen LogP contribution in [-0.2, 0) is 4.79 Å². The molecule has 1 atom stereocenters. The largest absolute Gasteiger partial charge is 0.372 e. The fourth-order valence-electron chi connectivity index (χ4n) is 2.06. The lowest BCUT2D eigenvalue weighted by atomic mass is 9.97. The van der Waals surface area contributed by atoms with Crippen LogP contribution in [0.5, 0.6) is 0 Å². The Bertz CT molecular complexity index is 412. The van der Waals surface area contributed by atoms with Gasteiger partial charge in [-0.25, -0.2) is 0 Å². The minimum absolute atomic E-state index is 0.0657. The standard InChI is InChI=1S/C13H18N2O/c1-4-10-13(16)15-11-7-5-6-9(8(2)3)12(11)14-10/h5-8,10,14H,4H2,1-3H3,(H,15,16). The van der Waals surface area contributed by atoms with Crippen molar-refractivity contribution in [2.24, 2.45) is 0 Å². The van der Waals surface area contributed by atoms with Crippen LogP contribution in [0.25, 0.3) is 0 Å². The molecule has 2 N–H and O–H groups in total. The Hall–Kier alpha value is -1.51. The Morgan fingerprint density at radius 2 is 2.12 bits per heavy atom. The van der Waals surface area contributed by atoms with Crippen LogP contribution in [0, 0.1) is 0 Å². The molecule has 3 heteroatoms. The fraction of sp³-hybridized carbons (Fsp3) is 0.462. The van der Waals surface area contributed by atoms with Gasteiger partial charge in [-0.2, -0.15) is 0 Å². The molecule has 1 aromatic carbocycles. The molecule has 2 rings (SSSR count). The first kappa shape index (κ1) is 11.0. The summed E-state index contributed by atoms with van der Waals surface area (Å²) in [6, 6.07) is 5.94. The molecule has 1 amide bonds. The van der Waals surface area contributed by atoms with E-state index >= 15 is 0 Å². The third-order valence-electron chi connectivity index (χ3n) is 3.02. The lowest BCUT2D eigenvalue weighted by Gasteiger charge is -2.28. The first-order valence-electron chi connectivity index (χ1n) is 5.83. The topological polar surface area (TPSA) is 41.1 Å². The number of rotatable bonds is 2. The van der Waals surface area contributed by atoms with E-state index in [9.17, 15) is 4.79 Å². The number of amides is 1. The Labute approximate surface area is 96.2 Å². The van der Waals surface area contributed by atoms with Crippen LogP contribution in [0.2, 0.25) is 0 Å². The molecular weight excluding hydrogens is 200 g/mol. The SMILES string of the molecule is CCC1Nc2c(cccc2C(C)C)NC1=O. The van der Waals surface area contributed by atoms with Crippen molar-refractivity contribution in [1.82, 2.24) is 0 Å². The average molecular weight is 218 g/mol. The predicted molar refractivity (Wildman–Crippen MR) is 66.9 cm³/mol. The van der Waals surface area contributed by atoms with Crippen molar-refractivity contribution in [3.05, 3.63) is 23.8 Å². The van der Waals surface area contributed by atoms with E-state index in [4.69, 9.17) is 0 Å². The molecule has 16 heavy (non-hydrogen) atoms. The maximum atomic E-state index is 11.7. The maximum absolute atomic E-state index is 11.7. The minimum Gasteiger partial charge on any atom is -0.372 e. The van der Waals surface area contributed by atoms with E-state index in [2.05, 4.69) is 30.5 Å². The summed E-state index contributed by atoms with van der Waals surface area (Å²) in [5, 5.41) is 6.29. The molecule has 0 fully saturated rings. The van der Waals surface area contributed by atoms with Crippen molar-refractivity contribution in [1.29, 1.82) is 0 Å².